The van der Waals surface area contributed by atoms with Crippen molar-refractivity contribution in [1.29, 1.82) is 0 Å². The lowest BCUT2D eigenvalue weighted by molar-refractivity contribution is 0.310. The molecule has 2 heterocycles. The molecule has 0 aliphatic heterocycles. The molecule has 0 spiro atoms. The minimum absolute atomic E-state index is 0.0875. The normalized spacial score (nSPS) is 11.4. The third-order valence-electron chi connectivity index (χ3n) is 3.19. The number of halogens is 1. The average molecular weight is 303 g/mol. The fourth-order valence-corrected chi connectivity index (χ4v) is 2.96. The molecular formula is C15H14FN3OS. The van der Waals surface area contributed by atoms with Crippen LogP contribution in [0, 0.1) is 5.82 Å². The maximum absolute atomic E-state index is 13.6. The van der Waals surface area contributed by atoms with Gasteiger partial charge in [-0.2, -0.15) is 0 Å². The molecule has 0 saturated carbocycles. The molecule has 0 fully saturated rings. The van der Waals surface area contributed by atoms with E-state index in [4.69, 9.17) is 0 Å². The Bertz CT molecular complexity index is 827. The van der Waals surface area contributed by atoms with Gasteiger partial charge in [-0.1, -0.05) is 18.2 Å². The first-order chi connectivity index (χ1) is 10.1. The molecule has 108 valence electrons. The molecular weight excluding hydrogens is 289 g/mol. The molecule has 0 saturated heterocycles. The number of nitrogens with zero attached hydrogens (tertiary/aromatic N) is 3. The van der Waals surface area contributed by atoms with Crippen LogP contribution < -0.4 is 5.56 Å². The summed E-state index contributed by atoms with van der Waals surface area (Å²) in [4.78, 5) is 19.0. The molecule has 0 N–H and O–H groups in total. The number of rotatable bonds is 4. The topological polar surface area (TPSA) is 37.6 Å². The van der Waals surface area contributed by atoms with Crippen LogP contribution in [0.3, 0.4) is 0 Å². The monoisotopic (exact) mass is 303 g/mol. The highest BCUT2D eigenvalue weighted by molar-refractivity contribution is 7.15. The van der Waals surface area contributed by atoms with Crippen LogP contribution in [-0.4, -0.2) is 21.3 Å². The molecule has 3 rings (SSSR count). The standard InChI is InChI=1S/C15H14FN3OS/c1-18(9-11-4-2-3-5-13(11)16)10-12-8-14(20)19-6-7-21-15(19)17-12/h2-8H,9-10H2,1H3. The lowest BCUT2D eigenvalue weighted by Crippen LogP contribution is -2.21. The van der Waals surface area contributed by atoms with Gasteiger partial charge in [0, 0.05) is 36.3 Å². The van der Waals surface area contributed by atoms with Crippen molar-refractivity contribution >= 4 is 16.3 Å². The second kappa shape index (κ2) is 5.75. The van der Waals surface area contributed by atoms with Crippen molar-refractivity contribution in [2.75, 3.05) is 7.05 Å². The summed E-state index contributed by atoms with van der Waals surface area (Å²) in [5.74, 6) is -0.217. The Balaban J connectivity index is 1.78. The van der Waals surface area contributed by atoms with E-state index in [1.54, 1.807) is 18.3 Å². The van der Waals surface area contributed by atoms with Gasteiger partial charge in [0.2, 0.25) is 0 Å². The summed E-state index contributed by atoms with van der Waals surface area (Å²) in [6.45, 7) is 0.968. The molecule has 0 unspecified atom stereocenters. The molecule has 1 aromatic carbocycles. The molecule has 4 nitrogen and oxygen atoms in total. The van der Waals surface area contributed by atoms with E-state index in [9.17, 15) is 9.18 Å². The number of hydrogen-bond acceptors (Lipinski definition) is 4. The summed E-state index contributed by atoms with van der Waals surface area (Å²) in [5, 5.41) is 1.83. The molecule has 0 radical (unpaired) electrons. The summed E-state index contributed by atoms with van der Waals surface area (Å²) >= 11 is 1.42. The molecule has 0 atom stereocenters. The van der Waals surface area contributed by atoms with Crippen molar-refractivity contribution in [2.24, 2.45) is 0 Å². The van der Waals surface area contributed by atoms with Gasteiger partial charge in [-0.15, -0.1) is 11.3 Å². The molecule has 0 aliphatic carbocycles. The largest absolute Gasteiger partial charge is 0.296 e. The maximum Gasteiger partial charge on any atom is 0.258 e. The van der Waals surface area contributed by atoms with E-state index in [2.05, 4.69) is 4.98 Å². The maximum atomic E-state index is 13.6. The zero-order chi connectivity index (χ0) is 14.8. The SMILES string of the molecule is CN(Cc1cc(=O)n2ccsc2n1)Cc1ccccc1F. The Morgan fingerprint density at radius 1 is 1.33 bits per heavy atom. The zero-order valence-electron chi connectivity index (χ0n) is 11.5. The van der Waals surface area contributed by atoms with Gasteiger partial charge >= 0.3 is 0 Å². The fourth-order valence-electron chi connectivity index (χ4n) is 2.22. The van der Waals surface area contributed by atoms with Crippen molar-refractivity contribution in [1.82, 2.24) is 14.3 Å². The Morgan fingerprint density at radius 3 is 2.95 bits per heavy atom. The highest BCUT2D eigenvalue weighted by Crippen LogP contribution is 2.11. The molecule has 2 aromatic heterocycles. The van der Waals surface area contributed by atoms with E-state index >= 15 is 0 Å². The Morgan fingerprint density at radius 2 is 2.14 bits per heavy atom. The number of hydrogen-bond donors (Lipinski definition) is 0. The fraction of sp³-hybridized carbons (Fsp3) is 0.200. The first-order valence-corrected chi connectivity index (χ1v) is 7.39. The second-order valence-electron chi connectivity index (χ2n) is 4.90. The molecule has 0 amide bonds. The van der Waals surface area contributed by atoms with Crippen LogP contribution in [-0.2, 0) is 13.1 Å². The van der Waals surface area contributed by atoms with E-state index in [0.29, 0.717) is 29.3 Å². The van der Waals surface area contributed by atoms with E-state index in [-0.39, 0.29) is 11.4 Å². The van der Waals surface area contributed by atoms with Crippen LogP contribution >= 0.6 is 11.3 Å². The highest BCUT2D eigenvalue weighted by Gasteiger charge is 2.08. The van der Waals surface area contributed by atoms with E-state index in [0.717, 1.165) is 0 Å². The van der Waals surface area contributed by atoms with E-state index in [1.165, 1.54) is 27.9 Å². The first-order valence-electron chi connectivity index (χ1n) is 6.51. The van der Waals surface area contributed by atoms with Gasteiger partial charge in [-0.25, -0.2) is 9.37 Å². The van der Waals surface area contributed by atoms with Crippen LogP contribution in [0.1, 0.15) is 11.3 Å². The van der Waals surface area contributed by atoms with E-state index < -0.39 is 0 Å². The van der Waals surface area contributed by atoms with Gasteiger partial charge < -0.3 is 0 Å². The Kier molecular flexibility index (Phi) is 3.81. The number of thiazole rings is 1. The van der Waals surface area contributed by atoms with Gasteiger partial charge in [0.05, 0.1) is 5.69 Å². The van der Waals surface area contributed by atoms with Crippen LogP contribution in [0.4, 0.5) is 4.39 Å². The smallest absolute Gasteiger partial charge is 0.258 e. The molecule has 0 bridgehead atoms. The van der Waals surface area contributed by atoms with Crippen molar-refractivity contribution in [2.45, 2.75) is 13.1 Å². The third-order valence-corrected chi connectivity index (χ3v) is 3.94. The summed E-state index contributed by atoms with van der Waals surface area (Å²) in [5.41, 5.74) is 1.24. The average Bonchev–Trinajstić information content (AvgIpc) is 2.90. The molecule has 0 aliphatic rings. The van der Waals surface area contributed by atoms with Crippen LogP contribution in [0.25, 0.3) is 4.96 Å². The summed E-state index contributed by atoms with van der Waals surface area (Å²) in [7, 11) is 1.88. The van der Waals surface area contributed by atoms with Crippen molar-refractivity contribution in [3.63, 3.8) is 0 Å². The van der Waals surface area contributed by atoms with Crippen molar-refractivity contribution < 1.29 is 4.39 Å². The predicted molar refractivity (Wildman–Crippen MR) is 80.9 cm³/mol. The second-order valence-corrected chi connectivity index (χ2v) is 5.78. The molecule has 3 aromatic rings. The summed E-state index contributed by atoms with van der Waals surface area (Å²) in [6.07, 6.45) is 1.71. The molecule has 6 heteroatoms. The minimum atomic E-state index is -0.217. The van der Waals surface area contributed by atoms with Gasteiger partial charge in [-0.05, 0) is 13.1 Å². The number of fused-ring (bicyclic) bond motifs is 1. The quantitative estimate of drug-likeness (QED) is 0.743. The summed E-state index contributed by atoms with van der Waals surface area (Å²) in [6, 6.07) is 8.22. The van der Waals surface area contributed by atoms with Crippen molar-refractivity contribution in [3.8, 4) is 0 Å². The van der Waals surface area contributed by atoms with Crippen LogP contribution in [0.2, 0.25) is 0 Å². The first kappa shape index (κ1) is 13.9. The lowest BCUT2D eigenvalue weighted by Gasteiger charge is -2.16. The highest BCUT2D eigenvalue weighted by atomic mass is 32.1. The van der Waals surface area contributed by atoms with Gasteiger partial charge in [0.15, 0.2) is 4.96 Å². The van der Waals surface area contributed by atoms with Crippen molar-refractivity contribution in [3.05, 3.63) is 69.3 Å². The van der Waals surface area contributed by atoms with Crippen LogP contribution in [0.5, 0.6) is 0 Å². The molecule has 21 heavy (non-hydrogen) atoms. The van der Waals surface area contributed by atoms with Crippen LogP contribution in [0.15, 0.2) is 46.7 Å². The summed E-state index contributed by atoms with van der Waals surface area (Å²) < 4.78 is 15.1. The Labute approximate surface area is 125 Å². The zero-order valence-corrected chi connectivity index (χ0v) is 12.3. The Hall–Kier alpha value is -2.05. The number of aromatic nitrogens is 2. The minimum Gasteiger partial charge on any atom is -0.296 e. The van der Waals surface area contributed by atoms with E-state index in [1.807, 2.05) is 23.4 Å². The van der Waals surface area contributed by atoms with Gasteiger partial charge in [-0.3, -0.25) is 14.1 Å². The number of benzene rings is 1. The predicted octanol–water partition coefficient (Wildman–Crippen LogP) is 2.53. The lowest BCUT2D eigenvalue weighted by atomic mass is 10.2. The van der Waals surface area contributed by atoms with Gasteiger partial charge in [0.25, 0.3) is 5.56 Å². The third kappa shape index (κ3) is 3.01. The van der Waals surface area contributed by atoms with Gasteiger partial charge in [0.1, 0.15) is 5.82 Å².